The first-order valence-electron chi connectivity index (χ1n) is 21.1. The minimum atomic E-state index is -0.870. The second kappa shape index (κ2) is 13.6. The molecule has 6 N–H and O–H groups in total. The molecule has 10 nitrogen and oxygen atoms in total. The Balaban J connectivity index is 0.924. The molecule has 6 saturated carbocycles. The topological polar surface area (TPSA) is 151 Å². The zero-order valence-electron chi connectivity index (χ0n) is 31.8. The Labute approximate surface area is 326 Å². The van der Waals surface area contributed by atoms with Gasteiger partial charge in [0.15, 0.2) is 0 Å². The summed E-state index contributed by atoms with van der Waals surface area (Å²) < 4.78 is 30.8. The fourth-order valence-corrected chi connectivity index (χ4v) is 15.1. The van der Waals surface area contributed by atoms with E-state index in [9.17, 15) is 29.7 Å². The van der Waals surface area contributed by atoms with Crippen LogP contribution >= 0.6 is 0 Å². The number of halogens is 2. The van der Waals surface area contributed by atoms with Crippen molar-refractivity contribution in [2.24, 2.45) is 81.8 Å². The molecule has 10 atom stereocenters. The summed E-state index contributed by atoms with van der Waals surface area (Å²) in [7, 11) is 0. The predicted molar refractivity (Wildman–Crippen MR) is 201 cm³/mol. The van der Waals surface area contributed by atoms with Crippen molar-refractivity contribution in [1.82, 2.24) is 20.9 Å². The summed E-state index contributed by atoms with van der Waals surface area (Å²) in [4.78, 5) is 39.6. The highest BCUT2D eigenvalue weighted by molar-refractivity contribution is 5.72. The molecule has 9 aliphatic rings. The van der Waals surface area contributed by atoms with Crippen LogP contribution in [0.2, 0.25) is 0 Å². The Kier molecular flexibility index (Phi) is 8.93. The third kappa shape index (κ3) is 5.40. The Hall–Kier alpha value is -3.45. The van der Waals surface area contributed by atoms with E-state index in [1.807, 2.05) is 12.1 Å². The minimum absolute atomic E-state index is 0.0183. The van der Waals surface area contributed by atoms with E-state index in [0.29, 0.717) is 72.8 Å². The summed E-state index contributed by atoms with van der Waals surface area (Å²) >= 11 is 0. The molecule has 3 aliphatic heterocycles. The van der Waals surface area contributed by atoms with E-state index in [1.54, 1.807) is 0 Å². The number of benzene rings is 2. The molecular formula is C44H54F2N4O6. The van der Waals surface area contributed by atoms with Crippen molar-refractivity contribution in [3.8, 4) is 0 Å². The summed E-state index contributed by atoms with van der Waals surface area (Å²) in [5.41, 5.74) is 3.03. The van der Waals surface area contributed by atoms with Crippen molar-refractivity contribution in [3.05, 3.63) is 70.3 Å². The number of carbonyl (C=O) groups is 3. The fourth-order valence-electron chi connectivity index (χ4n) is 15.1. The van der Waals surface area contributed by atoms with E-state index in [0.717, 1.165) is 69.5 Å². The van der Waals surface area contributed by atoms with Gasteiger partial charge in [-0.3, -0.25) is 19.3 Å². The van der Waals surface area contributed by atoms with Crippen molar-refractivity contribution in [1.29, 1.82) is 0 Å². The SMILES string of the molecule is O=C(O)[C@@H](Cc1cc(F)cc(CN(Cc2cc(F)cc(C[C@H](C(=O)O)[C@H]3CCNC3)c2)CC23C4C5C6C4C2C6(C[C@H](C(=O)O)[C@H]2CCNC2)C53)c1)[C@H]1CCNC1. The first kappa shape index (κ1) is 36.9. The van der Waals surface area contributed by atoms with Crippen molar-refractivity contribution < 1.29 is 38.5 Å². The average molecular weight is 773 g/mol. The Morgan fingerprint density at radius 2 is 1.04 bits per heavy atom. The van der Waals surface area contributed by atoms with Crippen LogP contribution in [0, 0.1) is 93.5 Å². The number of nitrogens with zero attached hydrogens (tertiary/aromatic N) is 1. The largest absolute Gasteiger partial charge is 0.481 e. The number of hydrogen-bond acceptors (Lipinski definition) is 7. The molecule has 300 valence electrons. The lowest BCUT2D eigenvalue weighted by Gasteiger charge is -3.12. The van der Waals surface area contributed by atoms with Crippen molar-refractivity contribution in [2.75, 3.05) is 45.8 Å². The lowest BCUT2D eigenvalue weighted by Crippen LogP contribution is -3.10. The van der Waals surface area contributed by atoms with Crippen LogP contribution in [0.25, 0.3) is 0 Å². The smallest absolute Gasteiger partial charge is 0.307 e. The molecule has 2 aromatic rings. The summed E-state index contributed by atoms with van der Waals surface area (Å²) in [6, 6.07) is 9.83. The van der Waals surface area contributed by atoms with E-state index in [-0.39, 0.29) is 47.3 Å². The molecule has 56 heavy (non-hydrogen) atoms. The van der Waals surface area contributed by atoms with Gasteiger partial charge >= 0.3 is 17.9 Å². The number of rotatable bonds is 18. The molecule has 0 radical (unpaired) electrons. The maximum Gasteiger partial charge on any atom is 0.307 e. The molecule has 2 aromatic carbocycles. The van der Waals surface area contributed by atoms with Crippen LogP contribution in [-0.4, -0.2) is 83.9 Å². The highest BCUT2D eigenvalue weighted by Crippen LogP contribution is 3.11. The molecule has 4 unspecified atom stereocenters. The normalized spacial score (nSPS) is 38.1. The van der Waals surface area contributed by atoms with Crippen molar-refractivity contribution >= 4 is 17.9 Å². The number of nitrogens with one attached hydrogen (secondary N) is 3. The third-order valence-corrected chi connectivity index (χ3v) is 16.8. The van der Waals surface area contributed by atoms with E-state index in [1.165, 1.54) is 24.3 Å². The first-order valence-corrected chi connectivity index (χ1v) is 21.1. The van der Waals surface area contributed by atoms with Crippen molar-refractivity contribution in [2.45, 2.75) is 51.6 Å². The summed E-state index contributed by atoms with van der Waals surface area (Å²) in [6.07, 6.45) is 3.70. The van der Waals surface area contributed by atoms with Gasteiger partial charge in [-0.1, -0.05) is 12.1 Å². The summed E-state index contributed by atoms with van der Waals surface area (Å²) in [6.45, 7) is 6.01. The maximum atomic E-state index is 15.4. The minimum Gasteiger partial charge on any atom is -0.481 e. The van der Waals surface area contributed by atoms with Crippen LogP contribution in [0.5, 0.6) is 0 Å². The number of carboxylic acid groups (broad SMARTS) is 3. The highest BCUT2D eigenvalue weighted by Gasteiger charge is 3.09. The van der Waals surface area contributed by atoms with E-state index in [4.69, 9.17) is 0 Å². The van der Waals surface area contributed by atoms with Gasteiger partial charge in [-0.05, 0) is 188 Å². The number of hydrogen-bond donors (Lipinski definition) is 6. The van der Waals surface area contributed by atoms with Gasteiger partial charge in [0.05, 0.1) is 17.8 Å². The monoisotopic (exact) mass is 772 g/mol. The van der Waals surface area contributed by atoms with Crippen LogP contribution in [0.1, 0.15) is 47.9 Å². The van der Waals surface area contributed by atoms with E-state index >= 15 is 8.78 Å². The van der Waals surface area contributed by atoms with Crippen LogP contribution in [-0.2, 0) is 40.3 Å². The van der Waals surface area contributed by atoms with Gasteiger partial charge in [-0.2, -0.15) is 0 Å². The van der Waals surface area contributed by atoms with Crippen LogP contribution in [0.3, 0.4) is 0 Å². The summed E-state index contributed by atoms with van der Waals surface area (Å²) in [5, 5.41) is 40.5. The van der Waals surface area contributed by atoms with Gasteiger partial charge in [0, 0.05) is 19.6 Å². The molecule has 3 saturated heterocycles. The predicted octanol–water partition coefficient (Wildman–Crippen LogP) is 4.11. The van der Waals surface area contributed by atoms with Crippen LogP contribution in [0.15, 0.2) is 36.4 Å². The molecule has 0 aromatic heterocycles. The van der Waals surface area contributed by atoms with Gasteiger partial charge in [-0.15, -0.1) is 0 Å². The quantitative estimate of drug-likeness (QED) is 0.131. The Morgan fingerprint density at radius 1 is 0.625 bits per heavy atom. The highest BCUT2D eigenvalue weighted by atomic mass is 19.1. The van der Waals surface area contributed by atoms with Crippen LogP contribution in [0.4, 0.5) is 8.78 Å². The van der Waals surface area contributed by atoms with E-state index < -0.39 is 41.4 Å². The lowest BCUT2D eigenvalue weighted by molar-refractivity contribution is -0.661. The Bertz CT molecular complexity index is 1820. The fraction of sp³-hybridized carbons (Fsp3) is 0.659. The molecule has 12 heteroatoms. The molecule has 0 bridgehead atoms. The summed E-state index contributed by atoms with van der Waals surface area (Å²) in [5.74, 6) is -0.990. The van der Waals surface area contributed by atoms with Gasteiger partial charge in [0.2, 0.25) is 0 Å². The maximum absolute atomic E-state index is 15.4. The molecular weight excluding hydrogens is 719 g/mol. The molecule has 3 heterocycles. The standard InChI is InChI=1S/C44H54F2N4O6/c45-29-9-22(13-31(40(51)52)26-1-4-47-16-26)7-24(11-29)19-50(20-25-8-23(10-30(46)12-25)14-32(41(53)54)27-2-5-48-17-27)21-44-37-34-36-35(37)39(44)43(36,38(34)44)15-33(42(55)56)28-3-6-49-18-28/h7-12,26-28,31-39,47-49H,1-6,13-21H2,(H,51,52)(H,53,54)(H,55,56)/t26-,27-,28-,31-,32-,33-,34?,35?,36?,37?,38?,39?,43?,44?/m0/s1. The molecule has 0 spiro atoms. The van der Waals surface area contributed by atoms with Gasteiger partial charge < -0.3 is 31.3 Å². The molecule has 9 fully saturated rings. The number of aliphatic carboxylic acids is 3. The molecule has 6 aliphatic carbocycles. The van der Waals surface area contributed by atoms with Gasteiger partial charge in [-0.25, -0.2) is 8.78 Å². The number of carboxylic acids is 3. The Morgan fingerprint density at radius 3 is 1.45 bits per heavy atom. The molecule has 11 rings (SSSR count). The average Bonchev–Trinajstić information content (AvgIpc) is 3.96. The molecule has 0 amide bonds. The zero-order valence-corrected chi connectivity index (χ0v) is 31.8. The second-order valence-corrected chi connectivity index (χ2v) is 19.2. The second-order valence-electron chi connectivity index (χ2n) is 19.2. The van der Waals surface area contributed by atoms with Crippen LogP contribution < -0.4 is 16.0 Å². The van der Waals surface area contributed by atoms with E-state index in [2.05, 4.69) is 20.9 Å². The first-order chi connectivity index (χ1) is 27.0. The third-order valence-electron chi connectivity index (χ3n) is 16.8. The van der Waals surface area contributed by atoms with Gasteiger partial charge in [0.1, 0.15) is 11.6 Å². The zero-order chi connectivity index (χ0) is 38.7. The van der Waals surface area contributed by atoms with Crippen molar-refractivity contribution in [3.63, 3.8) is 0 Å². The van der Waals surface area contributed by atoms with Gasteiger partial charge in [0.25, 0.3) is 0 Å². The lowest BCUT2D eigenvalue weighted by atomic mass is 8.91.